The number of amides is 1. The molecule has 0 spiro atoms. The molecular formula is C11H9F3N2O4. The molecule has 0 bridgehead atoms. The molecule has 1 aliphatic rings. The molecule has 0 saturated heterocycles. The Hall–Kier alpha value is -2.32. The molecule has 108 valence electrons. The maximum absolute atomic E-state index is 12.9. The Kier molecular flexibility index (Phi) is 3.28. The number of benzene rings is 1. The molecule has 9 heteroatoms. The number of nitro benzene ring substituents is 1. The molecule has 1 fully saturated rings. The first-order valence-electron chi connectivity index (χ1n) is 5.59. The molecule has 2 rings (SSSR count). The van der Waals surface area contributed by atoms with Crippen LogP contribution in [0.25, 0.3) is 0 Å². The quantitative estimate of drug-likeness (QED) is 0.657. The molecule has 1 aromatic carbocycles. The summed E-state index contributed by atoms with van der Waals surface area (Å²) in [6, 6.07) is 1.30. The number of anilines is 1. The van der Waals surface area contributed by atoms with Crippen molar-refractivity contribution in [2.45, 2.75) is 24.9 Å². The van der Waals surface area contributed by atoms with E-state index in [1.54, 1.807) is 5.32 Å². The lowest BCUT2D eigenvalue weighted by Gasteiger charge is -2.14. The number of halogens is 3. The van der Waals surface area contributed by atoms with Gasteiger partial charge in [-0.05, 0) is 30.4 Å². The van der Waals surface area contributed by atoms with Crippen molar-refractivity contribution in [1.29, 1.82) is 0 Å². The van der Waals surface area contributed by atoms with Crippen LogP contribution in [0.5, 0.6) is 0 Å². The molecule has 1 aliphatic carbocycles. The Morgan fingerprint density at radius 3 is 2.40 bits per heavy atom. The lowest BCUT2D eigenvalue weighted by Crippen LogP contribution is -2.14. The minimum Gasteiger partial charge on any atom is -0.465 e. The van der Waals surface area contributed by atoms with E-state index in [0.717, 1.165) is 6.07 Å². The third-order valence-corrected chi connectivity index (χ3v) is 2.93. The number of carbonyl (C=O) groups is 1. The van der Waals surface area contributed by atoms with Crippen LogP contribution in [0, 0.1) is 10.1 Å². The maximum Gasteiger partial charge on any atom is 0.416 e. The van der Waals surface area contributed by atoms with Crippen LogP contribution < -0.4 is 5.32 Å². The van der Waals surface area contributed by atoms with Crippen LogP contribution in [0.1, 0.15) is 29.9 Å². The van der Waals surface area contributed by atoms with Crippen LogP contribution in [0.2, 0.25) is 0 Å². The number of carboxylic acid groups (broad SMARTS) is 1. The van der Waals surface area contributed by atoms with E-state index in [1.807, 2.05) is 0 Å². The summed E-state index contributed by atoms with van der Waals surface area (Å²) in [6.07, 6.45) is -5.19. The fourth-order valence-corrected chi connectivity index (χ4v) is 1.95. The van der Waals surface area contributed by atoms with Gasteiger partial charge in [0.15, 0.2) is 0 Å². The first kappa shape index (κ1) is 14.1. The fraction of sp³-hybridized carbons (Fsp3) is 0.364. The summed E-state index contributed by atoms with van der Waals surface area (Å²) in [5.41, 5.74) is -2.55. The largest absolute Gasteiger partial charge is 0.465 e. The van der Waals surface area contributed by atoms with E-state index in [1.165, 1.54) is 0 Å². The summed E-state index contributed by atoms with van der Waals surface area (Å²) in [5.74, 6) is -0.332. The molecule has 20 heavy (non-hydrogen) atoms. The van der Waals surface area contributed by atoms with Gasteiger partial charge in [0.2, 0.25) is 0 Å². The van der Waals surface area contributed by atoms with Gasteiger partial charge in [0.1, 0.15) is 5.69 Å². The third kappa shape index (κ3) is 2.81. The lowest BCUT2D eigenvalue weighted by atomic mass is 10.0. The number of rotatable bonds is 3. The van der Waals surface area contributed by atoms with E-state index >= 15 is 0 Å². The maximum atomic E-state index is 12.9. The van der Waals surface area contributed by atoms with Crippen molar-refractivity contribution in [3.8, 4) is 0 Å². The molecule has 0 heterocycles. The summed E-state index contributed by atoms with van der Waals surface area (Å²) in [4.78, 5) is 20.3. The summed E-state index contributed by atoms with van der Waals surface area (Å²) < 4.78 is 38.7. The monoisotopic (exact) mass is 290 g/mol. The predicted octanol–water partition coefficient (Wildman–Crippen LogP) is 3.58. The van der Waals surface area contributed by atoms with Crippen molar-refractivity contribution >= 4 is 17.5 Å². The van der Waals surface area contributed by atoms with Crippen LogP contribution in [-0.2, 0) is 6.18 Å². The van der Waals surface area contributed by atoms with E-state index in [-0.39, 0.29) is 11.5 Å². The Labute approximate surface area is 110 Å². The second-order valence-electron chi connectivity index (χ2n) is 4.42. The van der Waals surface area contributed by atoms with E-state index in [4.69, 9.17) is 5.11 Å². The molecule has 0 radical (unpaired) electrons. The zero-order chi connectivity index (χ0) is 15.1. The van der Waals surface area contributed by atoms with Crippen molar-refractivity contribution in [2.75, 3.05) is 5.32 Å². The Morgan fingerprint density at radius 1 is 1.40 bits per heavy atom. The van der Waals surface area contributed by atoms with Crippen LogP contribution in [0.15, 0.2) is 12.1 Å². The number of nitrogens with zero attached hydrogens (tertiary/aromatic N) is 1. The lowest BCUT2D eigenvalue weighted by molar-refractivity contribution is -0.384. The Balaban J connectivity index is 2.61. The number of hydrogen-bond donors (Lipinski definition) is 2. The molecule has 0 atom stereocenters. The molecule has 6 nitrogen and oxygen atoms in total. The zero-order valence-corrected chi connectivity index (χ0v) is 9.90. The average molecular weight is 290 g/mol. The number of alkyl halides is 3. The van der Waals surface area contributed by atoms with Crippen molar-refractivity contribution in [1.82, 2.24) is 0 Å². The van der Waals surface area contributed by atoms with Gasteiger partial charge in [-0.3, -0.25) is 15.4 Å². The van der Waals surface area contributed by atoms with Gasteiger partial charge in [-0.1, -0.05) is 0 Å². The number of nitrogens with one attached hydrogen (secondary N) is 1. The molecule has 0 aliphatic heterocycles. The predicted molar refractivity (Wildman–Crippen MR) is 61.7 cm³/mol. The SMILES string of the molecule is O=C(O)Nc1cc(C2CC2)c(C(F)(F)F)cc1[N+](=O)[O-]. The van der Waals surface area contributed by atoms with Crippen molar-refractivity contribution < 1.29 is 28.0 Å². The van der Waals surface area contributed by atoms with E-state index in [9.17, 15) is 28.1 Å². The summed E-state index contributed by atoms with van der Waals surface area (Å²) in [6.45, 7) is 0. The van der Waals surface area contributed by atoms with Crippen molar-refractivity contribution in [2.24, 2.45) is 0 Å². The number of hydrogen-bond acceptors (Lipinski definition) is 3. The van der Waals surface area contributed by atoms with Gasteiger partial charge in [0, 0.05) is 6.07 Å². The highest BCUT2D eigenvalue weighted by Gasteiger charge is 2.40. The summed E-state index contributed by atoms with van der Waals surface area (Å²) in [7, 11) is 0. The molecular weight excluding hydrogens is 281 g/mol. The van der Waals surface area contributed by atoms with E-state index < -0.39 is 34.1 Å². The topological polar surface area (TPSA) is 92.5 Å². The second-order valence-corrected chi connectivity index (χ2v) is 4.42. The van der Waals surface area contributed by atoms with Gasteiger partial charge in [-0.15, -0.1) is 0 Å². The number of nitro groups is 1. The zero-order valence-electron chi connectivity index (χ0n) is 9.90. The normalized spacial score (nSPS) is 14.9. The highest BCUT2D eigenvalue weighted by molar-refractivity contribution is 5.87. The van der Waals surface area contributed by atoms with Crippen molar-refractivity contribution in [3.05, 3.63) is 33.4 Å². The Morgan fingerprint density at radius 2 is 2.00 bits per heavy atom. The van der Waals surface area contributed by atoms with E-state index in [0.29, 0.717) is 18.9 Å². The van der Waals surface area contributed by atoms with Crippen LogP contribution in [-0.4, -0.2) is 16.1 Å². The summed E-state index contributed by atoms with van der Waals surface area (Å²) >= 11 is 0. The highest BCUT2D eigenvalue weighted by atomic mass is 19.4. The molecule has 1 saturated carbocycles. The standard InChI is InChI=1S/C11H9F3N2O4/c12-11(13,14)7-4-9(16(19)20)8(15-10(17)18)3-6(7)5-1-2-5/h3-5,15H,1-2H2,(H,17,18). The Bertz CT molecular complexity index is 582. The third-order valence-electron chi connectivity index (χ3n) is 2.93. The molecule has 2 N–H and O–H groups in total. The van der Waals surface area contributed by atoms with Crippen LogP contribution >= 0.6 is 0 Å². The van der Waals surface area contributed by atoms with Crippen LogP contribution in [0.3, 0.4) is 0 Å². The fourth-order valence-electron chi connectivity index (χ4n) is 1.95. The molecule has 1 aromatic rings. The molecule has 1 amide bonds. The smallest absolute Gasteiger partial charge is 0.416 e. The van der Waals surface area contributed by atoms with Crippen molar-refractivity contribution in [3.63, 3.8) is 0 Å². The first-order valence-corrected chi connectivity index (χ1v) is 5.59. The minimum atomic E-state index is -4.72. The van der Waals surface area contributed by atoms with Crippen LogP contribution in [0.4, 0.5) is 29.3 Å². The van der Waals surface area contributed by atoms with Gasteiger partial charge in [0.25, 0.3) is 5.69 Å². The van der Waals surface area contributed by atoms with Gasteiger partial charge >= 0.3 is 12.3 Å². The van der Waals surface area contributed by atoms with Gasteiger partial charge < -0.3 is 5.11 Å². The minimum absolute atomic E-state index is 0.105. The highest BCUT2D eigenvalue weighted by Crippen LogP contribution is 2.48. The van der Waals surface area contributed by atoms with Gasteiger partial charge in [0.05, 0.1) is 10.5 Å². The first-order chi connectivity index (χ1) is 9.20. The molecule has 0 aromatic heterocycles. The summed E-state index contributed by atoms with van der Waals surface area (Å²) in [5, 5.41) is 21.1. The van der Waals surface area contributed by atoms with E-state index in [2.05, 4.69) is 0 Å². The average Bonchev–Trinajstić information content (AvgIpc) is 3.09. The molecule has 0 unspecified atom stereocenters. The van der Waals surface area contributed by atoms with Gasteiger partial charge in [-0.2, -0.15) is 13.2 Å². The second kappa shape index (κ2) is 4.66. The van der Waals surface area contributed by atoms with Gasteiger partial charge in [-0.25, -0.2) is 4.79 Å².